The van der Waals surface area contributed by atoms with Crippen molar-refractivity contribution in [3.8, 4) is 0 Å². The number of aromatic nitrogens is 1. The molecule has 0 aliphatic heterocycles. The van der Waals surface area contributed by atoms with Gasteiger partial charge in [0.2, 0.25) is 11.8 Å². The smallest absolute Gasteiger partial charge is 0.242 e. The van der Waals surface area contributed by atoms with Crippen molar-refractivity contribution < 1.29 is 9.59 Å². The van der Waals surface area contributed by atoms with E-state index in [0.29, 0.717) is 12.6 Å². The Hall–Kier alpha value is -1.78. The molecule has 0 N–H and O–H groups in total. The summed E-state index contributed by atoms with van der Waals surface area (Å²) in [6, 6.07) is 4.70. The third-order valence-corrected chi connectivity index (χ3v) is 4.76. The van der Waals surface area contributed by atoms with Gasteiger partial charge in [0.25, 0.3) is 0 Å². The van der Waals surface area contributed by atoms with Crippen LogP contribution in [-0.2, 0) is 23.2 Å². The number of rotatable bonds is 7. The van der Waals surface area contributed by atoms with Gasteiger partial charge in [0.05, 0.1) is 6.54 Å². The van der Waals surface area contributed by atoms with E-state index in [1.807, 2.05) is 43.0 Å². The molecule has 0 saturated heterocycles. The summed E-state index contributed by atoms with van der Waals surface area (Å²) >= 11 is 0. The molecule has 2 aliphatic rings. The van der Waals surface area contributed by atoms with Crippen LogP contribution in [0.3, 0.4) is 0 Å². The van der Waals surface area contributed by atoms with Crippen molar-refractivity contribution in [1.29, 1.82) is 0 Å². The van der Waals surface area contributed by atoms with Crippen molar-refractivity contribution in [3.05, 3.63) is 24.0 Å². The quantitative estimate of drug-likeness (QED) is 0.773. The standard InChI is InChI=1S/C18H27N3O2/c1-13(2)18(23)21(15-8-9-15)12-17(22)20(14-6-7-14)11-16-5-4-10-19(16)3/h4-5,10,13-15H,6-9,11-12H2,1-3H3. The molecule has 0 atom stereocenters. The second-order valence-corrected chi connectivity index (χ2v) is 7.22. The zero-order valence-corrected chi connectivity index (χ0v) is 14.4. The van der Waals surface area contributed by atoms with Gasteiger partial charge in [-0.2, -0.15) is 0 Å². The van der Waals surface area contributed by atoms with Gasteiger partial charge in [-0.15, -0.1) is 0 Å². The van der Waals surface area contributed by atoms with Crippen LogP contribution in [-0.4, -0.2) is 44.8 Å². The summed E-state index contributed by atoms with van der Waals surface area (Å²) in [6.45, 7) is 4.69. The van der Waals surface area contributed by atoms with Crippen LogP contribution in [0.15, 0.2) is 18.3 Å². The molecule has 23 heavy (non-hydrogen) atoms. The van der Waals surface area contributed by atoms with Crippen LogP contribution in [0.4, 0.5) is 0 Å². The largest absolute Gasteiger partial charge is 0.353 e. The highest BCUT2D eigenvalue weighted by atomic mass is 16.2. The number of hydrogen-bond acceptors (Lipinski definition) is 2. The van der Waals surface area contributed by atoms with Crippen LogP contribution < -0.4 is 0 Å². The molecule has 126 valence electrons. The molecule has 2 amide bonds. The van der Waals surface area contributed by atoms with E-state index in [2.05, 4.69) is 10.6 Å². The minimum absolute atomic E-state index is 0.0503. The minimum Gasteiger partial charge on any atom is -0.353 e. The van der Waals surface area contributed by atoms with Gasteiger partial charge < -0.3 is 14.4 Å². The van der Waals surface area contributed by atoms with E-state index in [-0.39, 0.29) is 30.3 Å². The van der Waals surface area contributed by atoms with E-state index < -0.39 is 0 Å². The molecule has 0 unspecified atom stereocenters. The molecule has 2 fully saturated rings. The normalized spacial score (nSPS) is 17.4. The Morgan fingerprint density at radius 1 is 1.17 bits per heavy atom. The van der Waals surface area contributed by atoms with Gasteiger partial charge in [-0.1, -0.05) is 13.8 Å². The average Bonchev–Trinajstić information content (AvgIpc) is 3.41. The van der Waals surface area contributed by atoms with Gasteiger partial charge in [0.15, 0.2) is 0 Å². The molecule has 2 aliphatic carbocycles. The first-order chi connectivity index (χ1) is 11.0. The summed E-state index contributed by atoms with van der Waals surface area (Å²) in [5, 5.41) is 0. The Bertz CT molecular complexity index is 585. The highest BCUT2D eigenvalue weighted by Crippen LogP contribution is 2.31. The van der Waals surface area contributed by atoms with E-state index in [1.54, 1.807) is 0 Å². The molecule has 0 aromatic carbocycles. The number of carbonyl (C=O) groups is 2. The molecule has 5 heteroatoms. The minimum atomic E-state index is -0.0503. The lowest BCUT2D eigenvalue weighted by atomic mass is 10.2. The number of carbonyl (C=O) groups excluding carboxylic acids is 2. The van der Waals surface area contributed by atoms with Crippen molar-refractivity contribution in [2.24, 2.45) is 13.0 Å². The number of amides is 2. The summed E-state index contributed by atoms with van der Waals surface area (Å²) in [4.78, 5) is 29.0. The second-order valence-electron chi connectivity index (χ2n) is 7.22. The molecule has 1 aromatic rings. The molecule has 0 bridgehead atoms. The summed E-state index contributed by atoms with van der Waals surface area (Å²) < 4.78 is 2.06. The van der Waals surface area contributed by atoms with E-state index in [4.69, 9.17) is 0 Å². The van der Waals surface area contributed by atoms with Crippen molar-refractivity contribution in [2.75, 3.05) is 6.54 Å². The van der Waals surface area contributed by atoms with Gasteiger partial charge in [-0.3, -0.25) is 9.59 Å². The average molecular weight is 317 g/mol. The first-order valence-electron chi connectivity index (χ1n) is 8.67. The van der Waals surface area contributed by atoms with Gasteiger partial charge in [-0.05, 0) is 37.8 Å². The first-order valence-corrected chi connectivity index (χ1v) is 8.67. The maximum absolute atomic E-state index is 12.9. The van der Waals surface area contributed by atoms with Crippen molar-refractivity contribution in [3.63, 3.8) is 0 Å². The van der Waals surface area contributed by atoms with Gasteiger partial charge in [-0.25, -0.2) is 0 Å². The highest BCUT2D eigenvalue weighted by Gasteiger charge is 2.38. The second kappa shape index (κ2) is 6.38. The van der Waals surface area contributed by atoms with Gasteiger partial charge >= 0.3 is 0 Å². The van der Waals surface area contributed by atoms with Crippen LogP contribution >= 0.6 is 0 Å². The zero-order valence-electron chi connectivity index (χ0n) is 14.4. The molecule has 5 nitrogen and oxygen atoms in total. The molecule has 2 saturated carbocycles. The summed E-state index contributed by atoms with van der Waals surface area (Å²) in [5.74, 6) is 0.149. The molecule has 3 rings (SSSR count). The first kappa shape index (κ1) is 16.1. The van der Waals surface area contributed by atoms with E-state index in [1.165, 1.54) is 0 Å². The summed E-state index contributed by atoms with van der Waals surface area (Å²) in [5.41, 5.74) is 1.14. The van der Waals surface area contributed by atoms with Crippen molar-refractivity contribution >= 4 is 11.8 Å². The van der Waals surface area contributed by atoms with Crippen LogP contribution in [0.5, 0.6) is 0 Å². The molecule has 1 aromatic heterocycles. The van der Waals surface area contributed by atoms with Crippen LogP contribution in [0.2, 0.25) is 0 Å². The van der Waals surface area contributed by atoms with Crippen LogP contribution in [0.1, 0.15) is 45.2 Å². The van der Waals surface area contributed by atoms with Gasteiger partial charge in [0, 0.05) is 36.9 Å². The molecule has 0 radical (unpaired) electrons. The van der Waals surface area contributed by atoms with E-state index in [9.17, 15) is 9.59 Å². The van der Waals surface area contributed by atoms with Crippen LogP contribution in [0, 0.1) is 5.92 Å². The fourth-order valence-corrected chi connectivity index (χ4v) is 2.98. The number of nitrogens with zero attached hydrogens (tertiary/aromatic N) is 3. The number of aryl methyl sites for hydroxylation is 1. The van der Waals surface area contributed by atoms with E-state index >= 15 is 0 Å². The Kier molecular flexibility index (Phi) is 4.46. The Morgan fingerprint density at radius 2 is 1.78 bits per heavy atom. The lowest BCUT2D eigenvalue weighted by Crippen LogP contribution is -2.45. The fraction of sp³-hybridized carbons (Fsp3) is 0.667. The lowest BCUT2D eigenvalue weighted by Gasteiger charge is -2.29. The third kappa shape index (κ3) is 3.77. The fourth-order valence-electron chi connectivity index (χ4n) is 2.98. The summed E-state index contributed by atoms with van der Waals surface area (Å²) in [6.07, 6.45) is 6.24. The van der Waals surface area contributed by atoms with Crippen molar-refractivity contribution in [1.82, 2.24) is 14.4 Å². The predicted molar refractivity (Wildman–Crippen MR) is 88.6 cm³/mol. The SMILES string of the molecule is CC(C)C(=O)N(CC(=O)N(Cc1cccn1C)C1CC1)C1CC1. The zero-order chi connectivity index (χ0) is 16.6. The molecule has 1 heterocycles. The van der Waals surface area contributed by atoms with Gasteiger partial charge in [0.1, 0.15) is 6.54 Å². The maximum atomic E-state index is 12.9. The topological polar surface area (TPSA) is 45.6 Å². The molecule has 0 spiro atoms. The molecular formula is C18H27N3O2. The number of hydrogen-bond donors (Lipinski definition) is 0. The Balaban J connectivity index is 1.68. The maximum Gasteiger partial charge on any atom is 0.242 e. The lowest BCUT2D eigenvalue weighted by molar-refractivity contribution is -0.143. The molecular weight excluding hydrogens is 290 g/mol. The Labute approximate surface area is 138 Å². The van der Waals surface area contributed by atoms with Crippen LogP contribution in [0.25, 0.3) is 0 Å². The monoisotopic (exact) mass is 317 g/mol. The predicted octanol–water partition coefficient (Wildman–Crippen LogP) is 2.16. The third-order valence-electron chi connectivity index (χ3n) is 4.76. The Morgan fingerprint density at radius 3 is 2.26 bits per heavy atom. The summed E-state index contributed by atoms with van der Waals surface area (Å²) in [7, 11) is 2.00. The van der Waals surface area contributed by atoms with E-state index in [0.717, 1.165) is 31.4 Å². The van der Waals surface area contributed by atoms with Crippen molar-refractivity contribution in [2.45, 2.75) is 58.2 Å². The highest BCUT2D eigenvalue weighted by molar-refractivity contribution is 5.86.